The number of aryl methyl sites for hydroxylation is 1. The Labute approximate surface area is 187 Å². The van der Waals surface area contributed by atoms with Gasteiger partial charge in [-0.1, -0.05) is 42.0 Å². The van der Waals surface area contributed by atoms with Crippen molar-refractivity contribution >= 4 is 5.78 Å². The molecule has 6 heteroatoms. The minimum absolute atomic E-state index is 0.0787. The van der Waals surface area contributed by atoms with E-state index in [-0.39, 0.29) is 5.78 Å². The highest BCUT2D eigenvalue weighted by molar-refractivity contribution is 5.97. The number of aromatic amines is 1. The Morgan fingerprint density at radius 3 is 2.72 bits per heavy atom. The van der Waals surface area contributed by atoms with Gasteiger partial charge in [-0.05, 0) is 49.6 Å². The number of carbonyl (C=O) groups excluding carboxylic acids is 1. The van der Waals surface area contributed by atoms with Crippen molar-refractivity contribution in [2.45, 2.75) is 26.2 Å². The van der Waals surface area contributed by atoms with Gasteiger partial charge in [0.05, 0.1) is 35.2 Å². The Hall–Kier alpha value is -3.74. The standard InChI is InChI=1S/C26H25N5O/c1-18-3-2-4-21(11-18)13-26(17-28)9-10-29-15-22(26)25(32)23-16-30-24(31-23)12-19-5-7-20(14-27)8-6-19/h2-8,11,16,22,29H,9-10,12-13,15H2,1H3,(H,30,31). The average Bonchev–Trinajstić information content (AvgIpc) is 3.28. The zero-order valence-electron chi connectivity index (χ0n) is 18.1. The largest absolute Gasteiger partial charge is 0.339 e. The van der Waals surface area contributed by atoms with E-state index >= 15 is 0 Å². The van der Waals surface area contributed by atoms with Crippen LogP contribution in [0.2, 0.25) is 0 Å². The van der Waals surface area contributed by atoms with Crippen molar-refractivity contribution in [3.05, 3.63) is 88.5 Å². The van der Waals surface area contributed by atoms with E-state index in [9.17, 15) is 10.1 Å². The van der Waals surface area contributed by atoms with E-state index in [1.807, 2.05) is 37.3 Å². The Kier molecular flexibility index (Phi) is 6.16. The van der Waals surface area contributed by atoms with E-state index < -0.39 is 11.3 Å². The molecule has 3 aromatic rings. The lowest BCUT2D eigenvalue weighted by atomic mass is 9.66. The molecule has 1 aromatic heterocycles. The smallest absolute Gasteiger partial charge is 0.186 e. The summed E-state index contributed by atoms with van der Waals surface area (Å²) >= 11 is 0. The molecule has 0 radical (unpaired) electrons. The van der Waals surface area contributed by atoms with Crippen LogP contribution in [-0.2, 0) is 12.8 Å². The first-order valence-electron chi connectivity index (χ1n) is 10.8. The Morgan fingerprint density at radius 2 is 2.00 bits per heavy atom. The van der Waals surface area contributed by atoms with Crippen LogP contribution in [0.3, 0.4) is 0 Å². The van der Waals surface area contributed by atoms with Gasteiger partial charge in [-0.2, -0.15) is 10.5 Å². The molecule has 0 bridgehead atoms. The van der Waals surface area contributed by atoms with Gasteiger partial charge in [0.1, 0.15) is 11.5 Å². The number of rotatable bonds is 6. The Bertz CT molecular complexity index is 1200. The van der Waals surface area contributed by atoms with E-state index in [1.54, 1.807) is 18.3 Å². The number of ketones is 1. The van der Waals surface area contributed by atoms with Crippen LogP contribution in [0.1, 0.15) is 45.0 Å². The van der Waals surface area contributed by atoms with Crippen molar-refractivity contribution in [3.63, 3.8) is 0 Å². The van der Waals surface area contributed by atoms with Gasteiger partial charge < -0.3 is 10.3 Å². The molecule has 2 N–H and O–H groups in total. The average molecular weight is 424 g/mol. The number of nitriles is 2. The number of nitrogens with one attached hydrogen (secondary N) is 2. The van der Waals surface area contributed by atoms with E-state index in [4.69, 9.17) is 5.26 Å². The molecule has 0 aliphatic carbocycles. The fraction of sp³-hybridized carbons (Fsp3) is 0.308. The van der Waals surface area contributed by atoms with Gasteiger partial charge in [0.25, 0.3) is 0 Å². The van der Waals surface area contributed by atoms with Crippen molar-refractivity contribution in [1.82, 2.24) is 15.3 Å². The number of H-pyrrole nitrogens is 1. The molecule has 6 nitrogen and oxygen atoms in total. The first-order chi connectivity index (χ1) is 15.5. The van der Waals surface area contributed by atoms with Crippen LogP contribution in [0.4, 0.5) is 0 Å². The zero-order chi connectivity index (χ0) is 22.6. The van der Waals surface area contributed by atoms with Crippen LogP contribution in [0.5, 0.6) is 0 Å². The van der Waals surface area contributed by atoms with Gasteiger partial charge in [-0.25, -0.2) is 4.98 Å². The number of hydrogen-bond donors (Lipinski definition) is 2. The van der Waals surface area contributed by atoms with Crippen molar-refractivity contribution in [3.8, 4) is 12.1 Å². The van der Waals surface area contributed by atoms with Gasteiger partial charge >= 0.3 is 0 Å². The molecule has 1 fully saturated rings. The number of piperidine rings is 1. The van der Waals surface area contributed by atoms with Crippen LogP contribution in [-0.4, -0.2) is 28.8 Å². The fourth-order valence-corrected chi connectivity index (χ4v) is 4.50. The van der Waals surface area contributed by atoms with Crippen LogP contribution in [0.25, 0.3) is 0 Å². The molecular formula is C26H25N5O. The highest BCUT2D eigenvalue weighted by atomic mass is 16.1. The molecule has 2 atom stereocenters. The predicted molar refractivity (Wildman–Crippen MR) is 121 cm³/mol. The molecule has 4 rings (SSSR count). The van der Waals surface area contributed by atoms with Crippen LogP contribution in [0.15, 0.2) is 54.7 Å². The molecule has 1 aliphatic heterocycles. The quantitative estimate of drug-likeness (QED) is 0.588. The topological polar surface area (TPSA) is 105 Å². The lowest BCUT2D eigenvalue weighted by Gasteiger charge is -2.38. The highest BCUT2D eigenvalue weighted by Crippen LogP contribution is 2.39. The maximum Gasteiger partial charge on any atom is 0.186 e. The maximum atomic E-state index is 13.5. The third kappa shape index (κ3) is 4.46. The summed E-state index contributed by atoms with van der Waals surface area (Å²) in [5.74, 6) is 0.151. The molecule has 0 amide bonds. The van der Waals surface area contributed by atoms with Gasteiger partial charge in [0, 0.05) is 13.0 Å². The predicted octanol–water partition coefficient (Wildman–Crippen LogP) is 3.73. The first kappa shape index (κ1) is 21.5. The molecular weight excluding hydrogens is 398 g/mol. The van der Waals surface area contributed by atoms with Gasteiger partial charge in [-0.15, -0.1) is 0 Å². The number of carbonyl (C=O) groups is 1. The molecule has 0 spiro atoms. The second-order valence-electron chi connectivity index (χ2n) is 8.53. The third-order valence-corrected chi connectivity index (χ3v) is 6.25. The summed E-state index contributed by atoms with van der Waals surface area (Å²) in [6.07, 6.45) is 3.29. The number of Topliss-reactive ketones (excluding diaryl/α,β-unsaturated/α-hetero) is 1. The van der Waals surface area contributed by atoms with Crippen LogP contribution in [0, 0.1) is 40.9 Å². The fourth-order valence-electron chi connectivity index (χ4n) is 4.50. The SMILES string of the molecule is Cc1cccc(CC2(C#N)CCNCC2C(=O)c2cnc(Cc3ccc(C#N)cc3)[nH]2)c1. The van der Waals surface area contributed by atoms with Crippen molar-refractivity contribution in [2.75, 3.05) is 13.1 Å². The molecule has 2 heterocycles. The number of benzene rings is 2. The summed E-state index contributed by atoms with van der Waals surface area (Å²) in [7, 11) is 0. The Balaban J connectivity index is 1.55. The van der Waals surface area contributed by atoms with Crippen molar-refractivity contribution in [2.24, 2.45) is 11.3 Å². The summed E-state index contributed by atoms with van der Waals surface area (Å²) in [6.45, 7) is 3.23. The summed E-state index contributed by atoms with van der Waals surface area (Å²) < 4.78 is 0. The van der Waals surface area contributed by atoms with Crippen LogP contribution >= 0.6 is 0 Å². The lowest BCUT2D eigenvalue weighted by Crippen LogP contribution is -2.49. The third-order valence-electron chi connectivity index (χ3n) is 6.25. The number of imidazole rings is 1. The number of nitrogens with zero attached hydrogens (tertiary/aromatic N) is 3. The number of hydrogen-bond acceptors (Lipinski definition) is 5. The summed E-state index contributed by atoms with van der Waals surface area (Å²) in [6, 6.07) is 20.1. The maximum absolute atomic E-state index is 13.5. The highest BCUT2D eigenvalue weighted by Gasteiger charge is 2.45. The summed E-state index contributed by atoms with van der Waals surface area (Å²) in [4.78, 5) is 21.0. The Morgan fingerprint density at radius 1 is 1.19 bits per heavy atom. The molecule has 160 valence electrons. The van der Waals surface area contributed by atoms with E-state index in [2.05, 4.69) is 33.5 Å². The number of aromatic nitrogens is 2. The van der Waals surface area contributed by atoms with Crippen molar-refractivity contribution < 1.29 is 4.79 Å². The lowest BCUT2D eigenvalue weighted by molar-refractivity contribution is 0.0757. The second kappa shape index (κ2) is 9.18. The molecule has 2 aromatic carbocycles. The molecule has 0 saturated carbocycles. The molecule has 2 unspecified atom stereocenters. The summed E-state index contributed by atoms with van der Waals surface area (Å²) in [5.41, 5.74) is 3.52. The molecule has 1 saturated heterocycles. The van der Waals surface area contributed by atoms with E-state index in [0.717, 1.165) is 23.2 Å². The first-order valence-corrected chi connectivity index (χ1v) is 10.8. The van der Waals surface area contributed by atoms with E-state index in [0.29, 0.717) is 42.9 Å². The zero-order valence-corrected chi connectivity index (χ0v) is 18.1. The minimum Gasteiger partial charge on any atom is -0.339 e. The van der Waals surface area contributed by atoms with E-state index in [1.165, 1.54) is 0 Å². The monoisotopic (exact) mass is 423 g/mol. The summed E-state index contributed by atoms with van der Waals surface area (Å²) in [5, 5.41) is 22.4. The molecule has 32 heavy (non-hydrogen) atoms. The minimum atomic E-state index is -0.755. The second-order valence-corrected chi connectivity index (χ2v) is 8.53. The normalized spacial score (nSPS) is 20.3. The van der Waals surface area contributed by atoms with Gasteiger partial charge in [0.2, 0.25) is 0 Å². The van der Waals surface area contributed by atoms with Crippen molar-refractivity contribution in [1.29, 1.82) is 10.5 Å². The van der Waals surface area contributed by atoms with Crippen LogP contribution < -0.4 is 5.32 Å². The van der Waals surface area contributed by atoms with Gasteiger partial charge in [0.15, 0.2) is 5.78 Å². The molecule has 1 aliphatic rings. The van der Waals surface area contributed by atoms with Gasteiger partial charge in [-0.3, -0.25) is 4.79 Å².